The summed E-state index contributed by atoms with van der Waals surface area (Å²) in [5.74, 6) is 0.969. The lowest BCUT2D eigenvalue weighted by atomic mass is 9.85. The summed E-state index contributed by atoms with van der Waals surface area (Å²) in [6, 6.07) is 0.946. The molecule has 0 bridgehead atoms. The van der Waals surface area contributed by atoms with Crippen molar-refractivity contribution in [3.63, 3.8) is 0 Å². The molecule has 1 nitrogen and oxygen atoms in total. The SMILES string of the molecule is C[C@H]1CCCC[C@@H]1N1CCCC1. The first kappa shape index (κ1) is 8.55. The highest BCUT2D eigenvalue weighted by Gasteiger charge is 2.28. The first-order chi connectivity index (χ1) is 5.88. The molecule has 0 N–H and O–H groups in total. The van der Waals surface area contributed by atoms with E-state index in [4.69, 9.17) is 0 Å². The number of hydrogen-bond acceptors (Lipinski definition) is 1. The monoisotopic (exact) mass is 167 g/mol. The molecule has 2 atom stereocenters. The molecule has 1 heteroatoms. The fourth-order valence-corrected chi connectivity index (χ4v) is 2.91. The van der Waals surface area contributed by atoms with Crippen molar-refractivity contribution in [3.8, 4) is 0 Å². The molecule has 0 aromatic carbocycles. The Morgan fingerprint density at radius 2 is 1.58 bits per heavy atom. The van der Waals surface area contributed by atoms with Gasteiger partial charge in [0.1, 0.15) is 0 Å². The molecule has 0 aromatic heterocycles. The van der Waals surface area contributed by atoms with Crippen molar-refractivity contribution in [2.45, 2.75) is 51.5 Å². The summed E-state index contributed by atoms with van der Waals surface area (Å²) in [5, 5.41) is 0. The molecular formula is C11H21N. The van der Waals surface area contributed by atoms with Gasteiger partial charge in [0.25, 0.3) is 0 Å². The van der Waals surface area contributed by atoms with E-state index in [0.29, 0.717) is 0 Å². The summed E-state index contributed by atoms with van der Waals surface area (Å²) >= 11 is 0. The van der Waals surface area contributed by atoms with Crippen LogP contribution in [0.3, 0.4) is 0 Å². The molecule has 2 aliphatic rings. The molecule has 2 fully saturated rings. The first-order valence-electron chi connectivity index (χ1n) is 5.62. The highest BCUT2D eigenvalue weighted by molar-refractivity contribution is 4.83. The molecule has 1 saturated heterocycles. The van der Waals surface area contributed by atoms with Gasteiger partial charge < -0.3 is 4.90 Å². The highest BCUT2D eigenvalue weighted by atomic mass is 15.2. The van der Waals surface area contributed by atoms with Crippen LogP contribution in [-0.4, -0.2) is 24.0 Å². The van der Waals surface area contributed by atoms with Gasteiger partial charge in [0.2, 0.25) is 0 Å². The molecule has 1 saturated carbocycles. The average molecular weight is 167 g/mol. The Balaban J connectivity index is 1.91. The lowest BCUT2D eigenvalue weighted by Gasteiger charge is -2.36. The molecule has 0 amide bonds. The van der Waals surface area contributed by atoms with Gasteiger partial charge >= 0.3 is 0 Å². The Hall–Kier alpha value is -0.0400. The maximum Gasteiger partial charge on any atom is 0.0121 e. The molecule has 0 aromatic rings. The number of nitrogens with zero attached hydrogens (tertiary/aromatic N) is 1. The zero-order valence-electron chi connectivity index (χ0n) is 8.26. The zero-order valence-corrected chi connectivity index (χ0v) is 8.26. The second kappa shape index (κ2) is 3.78. The van der Waals surface area contributed by atoms with Crippen LogP contribution in [0.15, 0.2) is 0 Å². The van der Waals surface area contributed by atoms with Crippen molar-refractivity contribution < 1.29 is 0 Å². The van der Waals surface area contributed by atoms with Crippen molar-refractivity contribution >= 4 is 0 Å². The number of likely N-dealkylation sites (tertiary alicyclic amines) is 1. The summed E-state index contributed by atoms with van der Waals surface area (Å²) in [6.45, 7) is 5.21. The lowest BCUT2D eigenvalue weighted by molar-refractivity contribution is 0.138. The highest BCUT2D eigenvalue weighted by Crippen LogP contribution is 2.29. The van der Waals surface area contributed by atoms with Crippen molar-refractivity contribution in [1.29, 1.82) is 0 Å². The van der Waals surface area contributed by atoms with E-state index in [-0.39, 0.29) is 0 Å². The number of hydrogen-bond donors (Lipinski definition) is 0. The summed E-state index contributed by atoms with van der Waals surface area (Å²) < 4.78 is 0. The molecule has 0 spiro atoms. The third kappa shape index (κ3) is 1.66. The van der Waals surface area contributed by atoms with E-state index in [1.54, 1.807) is 0 Å². The van der Waals surface area contributed by atoms with Gasteiger partial charge in [-0.2, -0.15) is 0 Å². The van der Waals surface area contributed by atoms with Crippen molar-refractivity contribution in [2.75, 3.05) is 13.1 Å². The Bertz CT molecular complexity index is 138. The maximum absolute atomic E-state index is 2.74. The minimum atomic E-state index is 0.946. The van der Waals surface area contributed by atoms with E-state index >= 15 is 0 Å². The van der Waals surface area contributed by atoms with Crippen molar-refractivity contribution in [1.82, 2.24) is 4.90 Å². The molecule has 0 radical (unpaired) electrons. The topological polar surface area (TPSA) is 3.24 Å². The van der Waals surface area contributed by atoms with Crippen LogP contribution >= 0.6 is 0 Å². The van der Waals surface area contributed by atoms with Gasteiger partial charge in [-0.1, -0.05) is 19.8 Å². The molecule has 1 aliphatic heterocycles. The van der Waals surface area contributed by atoms with Crippen LogP contribution in [0, 0.1) is 5.92 Å². The summed E-state index contributed by atoms with van der Waals surface area (Å²) in [6.07, 6.45) is 8.80. The lowest BCUT2D eigenvalue weighted by Crippen LogP contribution is -2.39. The summed E-state index contributed by atoms with van der Waals surface area (Å²) in [7, 11) is 0. The van der Waals surface area contributed by atoms with Crippen LogP contribution < -0.4 is 0 Å². The Kier molecular flexibility index (Phi) is 2.69. The van der Waals surface area contributed by atoms with Gasteiger partial charge in [-0.25, -0.2) is 0 Å². The largest absolute Gasteiger partial charge is 0.300 e. The normalized spacial score (nSPS) is 38.8. The Morgan fingerprint density at radius 1 is 0.917 bits per heavy atom. The van der Waals surface area contributed by atoms with E-state index in [1.165, 1.54) is 51.6 Å². The van der Waals surface area contributed by atoms with E-state index in [1.807, 2.05) is 0 Å². The predicted molar refractivity (Wildman–Crippen MR) is 52.2 cm³/mol. The van der Waals surface area contributed by atoms with Gasteiger partial charge in [0, 0.05) is 6.04 Å². The van der Waals surface area contributed by atoms with Gasteiger partial charge in [0.05, 0.1) is 0 Å². The van der Waals surface area contributed by atoms with Crippen LogP contribution in [0.5, 0.6) is 0 Å². The van der Waals surface area contributed by atoms with Crippen LogP contribution in [0.2, 0.25) is 0 Å². The Labute approximate surface area is 76.1 Å². The standard InChI is InChI=1S/C11H21N/c1-10-6-2-3-7-11(10)12-8-4-5-9-12/h10-11H,2-9H2,1H3/t10-,11-/m0/s1. The van der Waals surface area contributed by atoms with E-state index in [2.05, 4.69) is 11.8 Å². The van der Waals surface area contributed by atoms with Crippen LogP contribution in [-0.2, 0) is 0 Å². The third-order valence-electron chi connectivity index (χ3n) is 3.68. The fraction of sp³-hybridized carbons (Fsp3) is 1.00. The smallest absolute Gasteiger partial charge is 0.0121 e. The van der Waals surface area contributed by atoms with Crippen LogP contribution in [0.1, 0.15) is 45.4 Å². The van der Waals surface area contributed by atoms with Crippen molar-refractivity contribution in [3.05, 3.63) is 0 Å². The quantitative estimate of drug-likeness (QED) is 0.580. The first-order valence-corrected chi connectivity index (χ1v) is 5.62. The Morgan fingerprint density at radius 3 is 2.25 bits per heavy atom. The van der Waals surface area contributed by atoms with Gasteiger partial charge in [-0.15, -0.1) is 0 Å². The van der Waals surface area contributed by atoms with E-state index in [9.17, 15) is 0 Å². The van der Waals surface area contributed by atoms with Gasteiger partial charge in [-0.05, 0) is 44.7 Å². The minimum Gasteiger partial charge on any atom is -0.300 e. The van der Waals surface area contributed by atoms with Crippen LogP contribution in [0.4, 0.5) is 0 Å². The average Bonchev–Trinajstić information content (AvgIpc) is 2.57. The van der Waals surface area contributed by atoms with Gasteiger partial charge in [0.15, 0.2) is 0 Å². The fourth-order valence-electron chi connectivity index (χ4n) is 2.91. The van der Waals surface area contributed by atoms with Gasteiger partial charge in [-0.3, -0.25) is 0 Å². The molecule has 2 rings (SSSR count). The van der Waals surface area contributed by atoms with Crippen LogP contribution in [0.25, 0.3) is 0 Å². The second-order valence-electron chi connectivity index (χ2n) is 4.57. The van der Waals surface area contributed by atoms with E-state index < -0.39 is 0 Å². The summed E-state index contributed by atoms with van der Waals surface area (Å²) in [4.78, 5) is 2.74. The molecule has 12 heavy (non-hydrogen) atoms. The third-order valence-corrected chi connectivity index (χ3v) is 3.68. The second-order valence-corrected chi connectivity index (χ2v) is 4.57. The predicted octanol–water partition coefficient (Wildman–Crippen LogP) is 2.66. The molecular weight excluding hydrogens is 146 g/mol. The summed E-state index contributed by atoms with van der Waals surface area (Å²) in [5.41, 5.74) is 0. The number of rotatable bonds is 1. The van der Waals surface area contributed by atoms with E-state index in [0.717, 1.165) is 12.0 Å². The molecule has 0 unspecified atom stereocenters. The van der Waals surface area contributed by atoms with Crippen molar-refractivity contribution in [2.24, 2.45) is 5.92 Å². The zero-order chi connectivity index (χ0) is 8.39. The molecule has 1 heterocycles. The maximum atomic E-state index is 2.74. The molecule has 70 valence electrons. The minimum absolute atomic E-state index is 0.946. The molecule has 1 aliphatic carbocycles.